The third-order valence-electron chi connectivity index (χ3n) is 3.24. The van der Waals surface area contributed by atoms with Crippen molar-refractivity contribution in [3.63, 3.8) is 0 Å². The van der Waals surface area contributed by atoms with Crippen LogP contribution in [0.5, 0.6) is 0 Å². The van der Waals surface area contributed by atoms with Crippen molar-refractivity contribution in [2.45, 2.75) is 33.1 Å². The molecule has 1 heterocycles. The fourth-order valence-electron chi connectivity index (χ4n) is 2.39. The second kappa shape index (κ2) is 4.46. The Labute approximate surface area is 119 Å². The lowest BCUT2D eigenvalue weighted by Gasteiger charge is -2.21. The molecule has 2 rings (SSSR count). The average Bonchev–Trinajstić information content (AvgIpc) is 2.53. The van der Waals surface area contributed by atoms with E-state index in [0.29, 0.717) is 0 Å². The van der Waals surface area contributed by atoms with Crippen LogP contribution in [0.1, 0.15) is 31.9 Å². The topological polar surface area (TPSA) is 90.0 Å². The monoisotopic (exact) mass is 296 g/mol. The Kier molecular flexibility index (Phi) is 3.30. The molecule has 0 amide bonds. The van der Waals surface area contributed by atoms with Gasteiger partial charge in [0.05, 0.1) is 5.52 Å². The van der Waals surface area contributed by atoms with Gasteiger partial charge < -0.3 is 0 Å². The Morgan fingerprint density at radius 3 is 2.40 bits per heavy atom. The van der Waals surface area contributed by atoms with Gasteiger partial charge in [0.15, 0.2) is 5.82 Å². The van der Waals surface area contributed by atoms with Crippen LogP contribution >= 0.6 is 0 Å². The fourth-order valence-corrected chi connectivity index (χ4v) is 2.80. The van der Waals surface area contributed by atoms with Crippen molar-refractivity contribution < 1.29 is 8.42 Å². The van der Waals surface area contributed by atoms with E-state index in [1.807, 2.05) is 13.0 Å². The predicted molar refractivity (Wildman–Crippen MR) is 80.9 cm³/mol. The zero-order valence-electron chi connectivity index (χ0n) is 12.4. The SMILES string of the molecule is Cc1ccc(C(C)(C)C)c2c1c(NS(N)(=O)=O)nn2C. The van der Waals surface area contributed by atoms with Gasteiger partial charge in [-0.15, -0.1) is 0 Å². The second-order valence-electron chi connectivity index (χ2n) is 6.02. The third-order valence-corrected chi connectivity index (χ3v) is 3.72. The highest BCUT2D eigenvalue weighted by Gasteiger charge is 2.23. The van der Waals surface area contributed by atoms with Crippen LogP contribution in [0.25, 0.3) is 10.9 Å². The standard InChI is InChI=1S/C13H20N4O2S/c1-8-6-7-9(13(2,3)4)11-10(8)12(15-17(11)5)16-20(14,18)19/h6-7H,1-5H3,(H,15,16)(H2,14,18,19). The summed E-state index contributed by atoms with van der Waals surface area (Å²) in [5.41, 5.74) is 2.91. The summed E-state index contributed by atoms with van der Waals surface area (Å²) >= 11 is 0. The van der Waals surface area contributed by atoms with Crippen molar-refractivity contribution in [3.8, 4) is 0 Å². The molecule has 0 saturated carbocycles. The van der Waals surface area contributed by atoms with Crippen LogP contribution in [0.2, 0.25) is 0 Å². The van der Waals surface area contributed by atoms with Gasteiger partial charge in [-0.2, -0.15) is 13.5 Å². The van der Waals surface area contributed by atoms with Gasteiger partial charge in [-0.1, -0.05) is 32.9 Å². The summed E-state index contributed by atoms with van der Waals surface area (Å²) in [4.78, 5) is 0. The third kappa shape index (κ3) is 2.64. The molecule has 7 heteroatoms. The van der Waals surface area contributed by atoms with Gasteiger partial charge in [0.2, 0.25) is 0 Å². The number of benzene rings is 1. The van der Waals surface area contributed by atoms with E-state index in [2.05, 4.69) is 36.7 Å². The molecule has 6 nitrogen and oxygen atoms in total. The summed E-state index contributed by atoms with van der Waals surface area (Å²) in [5, 5.41) is 10.1. The Hall–Kier alpha value is -1.60. The molecule has 3 N–H and O–H groups in total. The number of nitrogens with zero attached hydrogens (tertiary/aromatic N) is 2. The number of rotatable bonds is 2. The number of fused-ring (bicyclic) bond motifs is 1. The van der Waals surface area contributed by atoms with Crippen molar-refractivity contribution in [1.82, 2.24) is 9.78 Å². The fraction of sp³-hybridized carbons (Fsp3) is 0.462. The smallest absolute Gasteiger partial charge is 0.265 e. The molecule has 0 aliphatic heterocycles. The Bertz CT molecular complexity index is 770. The first-order valence-electron chi connectivity index (χ1n) is 6.28. The molecule has 0 fully saturated rings. The van der Waals surface area contributed by atoms with Gasteiger partial charge in [-0.3, -0.25) is 9.40 Å². The Morgan fingerprint density at radius 1 is 1.30 bits per heavy atom. The minimum Gasteiger partial charge on any atom is -0.265 e. The molecule has 110 valence electrons. The number of nitrogens with two attached hydrogens (primary N) is 1. The maximum atomic E-state index is 11.3. The molecule has 1 aromatic heterocycles. The molecule has 0 saturated heterocycles. The lowest BCUT2D eigenvalue weighted by Crippen LogP contribution is -2.22. The van der Waals surface area contributed by atoms with E-state index in [1.165, 1.54) is 0 Å². The Balaban J connectivity index is 2.83. The lowest BCUT2D eigenvalue weighted by atomic mass is 9.85. The number of hydrogen-bond donors (Lipinski definition) is 2. The van der Waals surface area contributed by atoms with Gasteiger partial charge in [0.25, 0.3) is 10.2 Å². The molecule has 0 aliphatic rings. The molecule has 2 aromatic rings. The normalized spacial score (nSPS) is 12.9. The van der Waals surface area contributed by atoms with Crippen LogP contribution in [0.3, 0.4) is 0 Å². The Morgan fingerprint density at radius 2 is 1.90 bits per heavy atom. The van der Waals surface area contributed by atoms with Crippen LogP contribution in [-0.2, 0) is 22.7 Å². The molecular formula is C13H20N4O2S. The summed E-state index contributed by atoms with van der Waals surface area (Å²) in [5.74, 6) is 0.272. The maximum absolute atomic E-state index is 11.3. The zero-order chi connectivity index (χ0) is 15.3. The molecule has 1 aromatic carbocycles. The van der Waals surface area contributed by atoms with Crippen molar-refractivity contribution in [1.29, 1.82) is 0 Å². The van der Waals surface area contributed by atoms with Gasteiger partial charge in [0, 0.05) is 12.4 Å². The number of aromatic nitrogens is 2. The van der Waals surface area contributed by atoms with Gasteiger partial charge in [-0.25, -0.2) is 5.14 Å². The molecule has 0 bridgehead atoms. The average molecular weight is 296 g/mol. The van der Waals surface area contributed by atoms with E-state index in [0.717, 1.165) is 22.0 Å². The molecule has 20 heavy (non-hydrogen) atoms. The van der Waals surface area contributed by atoms with Crippen LogP contribution in [0.15, 0.2) is 12.1 Å². The number of aryl methyl sites for hydroxylation is 2. The van der Waals surface area contributed by atoms with E-state index in [-0.39, 0.29) is 11.2 Å². The summed E-state index contributed by atoms with van der Waals surface area (Å²) in [7, 11) is -2.05. The van der Waals surface area contributed by atoms with E-state index < -0.39 is 10.2 Å². The van der Waals surface area contributed by atoms with Crippen LogP contribution < -0.4 is 9.86 Å². The van der Waals surface area contributed by atoms with Crippen molar-refractivity contribution >= 4 is 26.9 Å². The molecule has 0 aliphatic carbocycles. The van der Waals surface area contributed by atoms with E-state index >= 15 is 0 Å². The first kappa shape index (κ1) is 14.8. The summed E-state index contributed by atoms with van der Waals surface area (Å²) in [6, 6.07) is 4.03. The van der Waals surface area contributed by atoms with Gasteiger partial charge in [-0.05, 0) is 23.5 Å². The first-order valence-corrected chi connectivity index (χ1v) is 7.82. The van der Waals surface area contributed by atoms with Crippen molar-refractivity contribution in [2.75, 3.05) is 4.72 Å². The molecule has 0 spiro atoms. The second-order valence-corrected chi connectivity index (χ2v) is 7.32. The van der Waals surface area contributed by atoms with E-state index in [1.54, 1.807) is 11.7 Å². The highest BCUT2D eigenvalue weighted by Crippen LogP contribution is 2.35. The largest absolute Gasteiger partial charge is 0.297 e. The van der Waals surface area contributed by atoms with Crippen LogP contribution in [0.4, 0.5) is 5.82 Å². The minimum absolute atomic E-state index is 0.0708. The summed E-state index contributed by atoms with van der Waals surface area (Å²) in [6.45, 7) is 8.25. The van der Waals surface area contributed by atoms with E-state index in [9.17, 15) is 8.42 Å². The highest BCUT2D eigenvalue weighted by atomic mass is 32.2. The molecule has 0 radical (unpaired) electrons. The van der Waals surface area contributed by atoms with Crippen LogP contribution in [-0.4, -0.2) is 18.2 Å². The van der Waals surface area contributed by atoms with Gasteiger partial charge >= 0.3 is 0 Å². The summed E-state index contributed by atoms with van der Waals surface area (Å²) in [6.07, 6.45) is 0. The van der Waals surface area contributed by atoms with Crippen molar-refractivity contribution in [2.24, 2.45) is 12.2 Å². The first-order chi connectivity index (χ1) is 9.00. The molecule has 0 atom stereocenters. The lowest BCUT2D eigenvalue weighted by molar-refractivity contribution is 0.590. The number of anilines is 1. The number of nitrogens with one attached hydrogen (secondary N) is 1. The van der Waals surface area contributed by atoms with E-state index in [4.69, 9.17) is 5.14 Å². The minimum atomic E-state index is -3.85. The highest BCUT2D eigenvalue weighted by molar-refractivity contribution is 7.90. The van der Waals surface area contributed by atoms with Crippen LogP contribution in [0, 0.1) is 6.92 Å². The quantitative estimate of drug-likeness (QED) is 0.885. The summed E-state index contributed by atoms with van der Waals surface area (Å²) < 4.78 is 26.5. The zero-order valence-corrected chi connectivity index (χ0v) is 13.2. The predicted octanol–water partition coefficient (Wildman–Crippen LogP) is 1.79. The van der Waals surface area contributed by atoms with Gasteiger partial charge in [0.1, 0.15) is 0 Å². The molecular weight excluding hydrogens is 276 g/mol. The molecule has 0 unspecified atom stereocenters. The maximum Gasteiger partial charge on any atom is 0.297 e. The number of hydrogen-bond acceptors (Lipinski definition) is 3. The van der Waals surface area contributed by atoms with Crippen molar-refractivity contribution in [3.05, 3.63) is 23.3 Å².